The average Bonchev–Trinajstić information content (AvgIpc) is 2.77. The number of hydrogen-bond donors (Lipinski definition) is 1. The number of carbonyl (C=O) groups is 1. The molecule has 34 heavy (non-hydrogen) atoms. The number of nitrogens with zero attached hydrogens (tertiary/aromatic N) is 1. The minimum absolute atomic E-state index is 0.0222. The average molecular weight is 498 g/mol. The molecule has 180 valence electrons. The predicted molar refractivity (Wildman–Crippen MR) is 146 cm³/mol. The third-order valence-corrected chi connectivity index (χ3v) is 7.97. The van der Waals surface area contributed by atoms with Crippen molar-refractivity contribution in [3.05, 3.63) is 57.2 Å². The number of Topliss-reactive ketones (excluding diaryl/α,β-unsaturated/α-hetero) is 1. The van der Waals surface area contributed by atoms with Gasteiger partial charge < -0.3 is 5.32 Å². The minimum Gasteiger partial charge on any atom is -0.381 e. The number of halogens is 2. The largest absolute Gasteiger partial charge is 0.381 e. The Morgan fingerprint density at radius 2 is 1.71 bits per heavy atom. The van der Waals surface area contributed by atoms with Gasteiger partial charge in [0.2, 0.25) is 0 Å². The molecular weight excluding hydrogens is 463 g/mol. The number of rotatable bonds is 6. The first-order valence-electron chi connectivity index (χ1n) is 12.3. The van der Waals surface area contributed by atoms with Crippen LogP contribution < -0.4 is 5.32 Å². The Morgan fingerprint density at radius 1 is 1.06 bits per heavy atom. The fraction of sp³-hybridized carbons (Fsp3) is 0.448. The van der Waals surface area contributed by atoms with Crippen molar-refractivity contribution >= 4 is 45.6 Å². The van der Waals surface area contributed by atoms with E-state index in [2.05, 4.69) is 43.2 Å². The number of aromatic nitrogens is 1. The number of pyridine rings is 1. The zero-order chi connectivity index (χ0) is 24.6. The maximum absolute atomic E-state index is 12.6. The molecular formula is C29H34Cl2N2O. The van der Waals surface area contributed by atoms with Crippen molar-refractivity contribution in [2.75, 3.05) is 5.32 Å². The van der Waals surface area contributed by atoms with Crippen molar-refractivity contribution in [1.82, 2.24) is 4.98 Å². The van der Waals surface area contributed by atoms with Crippen LogP contribution >= 0.6 is 23.2 Å². The van der Waals surface area contributed by atoms with Gasteiger partial charge in [-0.15, -0.1) is 0 Å². The highest BCUT2D eigenvalue weighted by atomic mass is 35.5. The predicted octanol–water partition coefficient (Wildman–Crippen LogP) is 9.04. The van der Waals surface area contributed by atoms with E-state index in [4.69, 9.17) is 23.2 Å². The first-order chi connectivity index (χ1) is 16.1. The molecule has 1 fully saturated rings. The Labute approximate surface area is 213 Å². The number of hydrogen-bond acceptors (Lipinski definition) is 3. The highest BCUT2D eigenvalue weighted by molar-refractivity contribution is 6.36. The van der Waals surface area contributed by atoms with Crippen molar-refractivity contribution in [2.24, 2.45) is 11.8 Å². The molecule has 0 spiro atoms. The Bertz CT molecular complexity index is 1200. The van der Waals surface area contributed by atoms with Gasteiger partial charge in [0.25, 0.3) is 0 Å². The number of anilines is 1. The molecule has 1 heterocycles. The van der Waals surface area contributed by atoms with Gasteiger partial charge in [0.05, 0.1) is 16.8 Å². The van der Waals surface area contributed by atoms with Gasteiger partial charge in [-0.3, -0.25) is 9.78 Å². The SMILES string of the molecule is CC(=O)c1cnc2cc(C)c(-c3cc(Cl)c(C)c(Cl)c3)cc2c1N[C@H]1CC[C@H](CC(C)C)CC1. The summed E-state index contributed by atoms with van der Waals surface area (Å²) in [6.45, 7) is 10.2. The highest BCUT2D eigenvalue weighted by Crippen LogP contribution is 2.38. The smallest absolute Gasteiger partial charge is 0.163 e. The third kappa shape index (κ3) is 5.26. The number of benzene rings is 2. The molecule has 3 aromatic rings. The summed E-state index contributed by atoms with van der Waals surface area (Å²) < 4.78 is 0. The lowest BCUT2D eigenvalue weighted by molar-refractivity contribution is 0.101. The van der Waals surface area contributed by atoms with Gasteiger partial charge in [0.1, 0.15) is 0 Å². The summed E-state index contributed by atoms with van der Waals surface area (Å²) in [5, 5.41) is 6.02. The van der Waals surface area contributed by atoms with E-state index in [-0.39, 0.29) is 5.78 Å². The molecule has 1 saturated carbocycles. The number of carbonyl (C=O) groups excluding carboxylic acids is 1. The van der Waals surface area contributed by atoms with E-state index in [0.717, 1.165) is 63.5 Å². The maximum Gasteiger partial charge on any atom is 0.163 e. The fourth-order valence-corrected chi connectivity index (χ4v) is 5.78. The van der Waals surface area contributed by atoms with E-state index in [1.807, 2.05) is 19.1 Å². The van der Waals surface area contributed by atoms with Crippen LogP contribution in [0.2, 0.25) is 10.0 Å². The van der Waals surface area contributed by atoms with E-state index in [1.165, 1.54) is 19.3 Å². The summed E-state index contributed by atoms with van der Waals surface area (Å²) in [7, 11) is 0. The summed E-state index contributed by atoms with van der Waals surface area (Å²) in [6.07, 6.45) is 7.74. The third-order valence-electron chi connectivity index (χ3n) is 7.19. The molecule has 0 radical (unpaired) electrons. The van der Waals surface area contributed by atoms with Crippen molar-refractivity contribution in [3.63, 3.8) is 0 Å². The quantitative estimate of drug-likeness (QED) is 0.346. The van der Waals surface area contributed by atoms with Crippen molar-refractivity contribution in [1.29, 1.82) is 0 Å². The number of fused-ring (bicyclic) bond motifs is 1. The van der Waals surface area contributed by atoms with Crippen molar-refractivity contribution in [3.8, 4) is 11.1 Å². The van der Waals surface area contributed by atoms with Gasteiger partial charge in [-0.25, -0.2) is 0 Å². The monoisotopic (exact) mass is 496 g/mol. The van der Waals surface area contributed by atoms with E-state index in [1.54, 1.807) is 13.1 Å². The molecule has 1 N–H and O–H groups in total. The number of nitrogens with one attached hydrogen (secondary N) is 1. The van der Waals surface area contributed by atoms with Gasteiger partial charge >= 0.3 is 0 Å². The fourth-order valence-electron chi connectivity index (χ4n) is 5.29. The van der Waals surface area contributed by atoms with Crippen LogP contribution in [0.3, 0.4) is 0 Å². The molecule has 0 atom stereocenters. The summed E-state index contributed by atoms with van der Waals surface area (Å²) in [6, 6.07) is 8.50. The molecule has 3 nitrogen and oxygen atoms in total. The molecule has 4 rings (SSSR count). The van der Waals surface area contributed by atoms with E-state index < -0.39 is 0 Å². The van der Waals surface area contributed by atoms with Gasteiger partial charge in [-0.2, -0.15) is 0 Å². The van der Waals surface area contributed by atoms with Crippen LogP contribution in [0.25, 0.3) is 22.0 Å². The van der Waals surface area contributed by atoms with Gasteiger partial charge in [-0.1, -0.05) is 37.0 Å². The Hall–Kier alpha value is -2.10. The Balaban J connectivity index is 1.75. The second-order valence-electron chi connectivity index (χ2n) is 10.3. The molecule has 0 aliphatic heterocycles. The van der Waals surface area contributed by atoms with Gasteiger partial charge in [-0.05, 0) is 111 Å². The second kappa shape index (κ2) is 10.3. The topological polar surface area (TPSA) is 42.0 Å². The van der Waals surface area contributed by atoms with E-state index in [0.29, 0.717) is 21.7 Å². The van der Waals surface area contributed by atoms with Crippen LogP contribution in [0.4, 0.5) is 5.69 Å². The lowest BCUT2D eigenvalue weighted by atomic mass is 9.81. The second-order valence-corrected chi connectivity index (χ2v) is 11.2. The molecule has 1 aliphatic carbocycles. The molecule has 2 aromatic carbocycles. The van der Waals surface area contributed by atoms with E-state index >= 15 is 0 Å². The lowest BCUT2D eigenvalue weighted by Gasteiger charge is -2.31. The summed E-state index contributed by atoms with van der Waals surface area (Å²) in [4.78, 5) is 17.2. The highest BCUT2D eigenvalue weighted by Gasteiger charge is 2.24. The summed E-state index contributed by atoms with van der Waals surface area (Å²) >= 11 is 12.9. The van der Waals surface area contributed by atoms with E-state index in [9.17, 15) is 4.79 Å². The zero-order valence-corrected chi connectivity index (χ0v) is 22.3. The minimum atomic E-state index is 0.0222. The van der Waals surface area contributed by atoms with Crippen LogP contribution in [-0.4, -0.2) is 16.8 Å². The van der Waals surface area contributed by atoms with Crippen LogP contribution in [0.1, 0.15) is 74.4 Å². The molecule has 0 bridgehead atoms. The van der Waals surface area contributed by atoms with Gasteiger partial charge in [0, 0.05) is 27.7 Å². The standard InChI is InChI=1S/C29H34Cl2N2O/c1-16(2)10-20-6-8-22(9-7-20)33-29-24-14-23(21-12-26(30)18(4)27(31)13-21)17(3)11-28(24)32-15-25(29)19(5)34/h11-16,20,22H,6-10H2,1-5H3,(H,32,33)/t20-,22-. The molecule has 0 saturated heterocycles. The van der Waals surface area contributed by atoms with Crippen LogP contribution in [0.5, 0.6) is 0 Å². The maximum atomic E-state index is 12.6. The van der Waals surface area contributed by atoms with Crippen LogP contribution in [0.15, 0.2) is 30.5 Å². The molecule has 1 aromatic heterocycles. The summed E-state index contributed by atoms with van der Waals surface area (Å²) in [5.74, 6) is 1.58. The Morgan fingerprint density at radius 3 is 2.29 bits per heavy atom. The van der Waals surface area contributed by atoms with Gasteiger partial charge in [0.15, 0.2) is 5.78 Å². The zero-order valence-electron chi connectivity index (χ0n) is 20.8. The van der Waals surface area contributed by atoms with Crippen molar-refractivity contribution < 1.29 is 4.79 Å². The Kier molecular flexibility index (Phi) is 7.54. The molecule has 0 amide bonds. The van der Waals surface area contributed by atoms with Crippen LogP contribution in [-0.2, 0) is 0 Å². The molecule has 5 heteroatoms. The number of aryl methyl sites for hydroxylation is 1. The summed E-state index contributed by atoms with van der Waals surface area (Å²) in [5.41, 5.74) is 6.40. The number of ketones is 1. The normalized spacial score (nSPS) is 18.5. The molecule has 0 unspecified atom stereocenters. The first-order valence-corrected chi connectivity index (χ1v) is 13.1. The van der Waals surface area contributed by atoms with Crippen molar-refractivity contribution in [2.45, 2.75) is 72.8 Å². The lowest BCUT2D eigenvalue weighted by Crippen LogP contribution is -2.27. The van der Waals surface area contributed by atoms with Crippen LogP contribution in [0, 0.1) is 25.7 Å². The first kappa shape index (κ1) is 25.0. The molecule has 1 aliphatic rings.